The van der Waals surface area contributed by atoms with Crippen LogP contribution in [0, 0.1) is 0 Å². The summed E-state index contributed by atoms with van der Waals surface area (Å²) in [4.78, 5) is 0. The second-order valence-electron chi connectivity index (χ2n) is 4.51. The summed E-state index contributed by atoms with van der Waals surface area (Å²) in [5.41, 5.74) is 1.11. The van der Waals surface area contributed by atoms with E-state index in [-0.39, 0.29) is 0 Å². The van der Waals surface area contributed by atoms with Crippen molar-refractivity contribution in [1.29, 1.82) is 0 Å². The monoisotopic (exact) mass is 333 g/mol. The van der Waals surface area contributed by atoms with Crippen LogP contribution in [0.2, 0.25) is 5.02 Å². The summed E-state index contributed by atoms with van der Waals surface area (Å²) >= 11 is 10.3. The van der Waals surface area contributed by atoms with Crippen LogP contribution in [0.5, 0.6) is 11.5 Å². The molecule has 1 aliphatic rings. The summed E-state index contributed by atoms with van der Waals surface area (Å²) in [5, 5.41) is 4.80. The van der Waals surface area contributed by atoms with Gasteiger partial charge in [0, 0.05) is 35.6 Å². The summed E-state index contributed by atoms with van der Waals surface area (Å²) < 4.78 is 10.5. The molecule has 0 aromatic heterocycles. The van der Waals surface area contributed by atoms with E-state index in [0.717, 1.165) is 18.7 Å². The predicted molar refractivity (Wildman–Crippen MR) is 89.8 cm³/mol. The molecule has 112 valence electrons. The quantitative estimate of drug-likeness (QED) is 0.863. The van der Waals surface area contributed by atoms with Crippen molar-refractivity contribution in [2.75, 3.05) is 38.0 Å². The first-order valence-electron chi connectivity index (χ1n) is 6.55. The largest absolute Gasteiger partial charge is 0.493 e. The van der Waals surface area contributed by atoms with Crippen LogP contribution in [0.1, 0.15) is 5.56 Å². The fraction of sp³-hybridized carbons (Fsp3) is 0.571. The van der Waals surface area contributed by atoms with Crippen LogP contribution in [-0.4, -0.2) is 43.3 Å². The van der Waals surface area contributed by atoms with Crippen LogP contribution < -0.4 is 14.8 Å². The van der Waals surface area contributed by atoms with Gasteiger partial charge in [0.2, 0.25) is 0 Å². The van der Waals surface area contributed by atoms with Crippen molar-refractivity contribution in [3.63, 3.8) is 0 Å². The molecule has 0 radical (unpaired) electrons. The third-order valence-corrected chi connectivity index (χ3v) is 6.21. The molecule has 1 atom stereocenters. The number of nitrogens with one attached hydrogen (secondary N) is 1. The van der Waals surface area contributed by atoms with Gasteiger partial charge in [-0.25, -0.2) is 0 Å². The van der Waals surface area contributed by atoms with Crippen molar-refractivity contribution in [1.82, 2.24) is 5.32 Å². The summed E-state index contributed by atoms with van der Waals surface area (Å²) in [6.45, 7) is 1.82. The summed E-state index contributed by atoms with van der Waals surface area (Å²) in [7, 11) is 3.22. The first kappa shape index (κ1) is 16.1. The molecule has 1 aliphatic heterocycles. The topological polar surface area (TPSA) is 30.5 Å². The molecule has 1 unspecified atom stereocenters. The molecule has 2 rings (SSSR count). The van der Waals surface area contributed by atoms with Crippen LogP contribution in [0.15, 0.2) is 12.1 Å². The Hall–Kier alpha value is -0.230. The Bertz CT molecular complexity index is 439. The van der Waals surface area contributed by atoms with Crippen LogP contribution in [0.25, 0.3) is 0 Å². The van der Waals surface area contributed by atoms with Gasteiger partial charge >= 0.3 is 0 Å². The Morgan fingerprint density at radius 1 is 1.30 bits per heavy atom. The van der Waals surface area contributed by atoms with Gasteiger partial charge in [-0.3, -0.25) is 0 Å². The molecule has 20 heavy (non-hydrogen) atoms. The van der Waals surface area contributed by atoms with Gasteiger partial charge < -0.3 is 14.8 Å². The van der Waals surface area contributed by atoms with E-state index in [4.69, 9.17) is 21.1 Å². The maximum absolute atomic E-state index is 6.20. The molecular formula is C14H20ClNO2S2. The predicted octanol–water partition coefficient (Wildman–Crippen LogP) is 3.30. The molecule has 6 heteroatoms. The van der Waals surface area contributed by atoms with E-state index >= 15 is 0 Å². The SMILES string of the molecule is COc1cc(CNCC2CSCCS2)cc(Cl)c1OC. The van der Waals surface area contributed by atoms with Crippen LogP contribution >= 0.6 is 35.1 Å². The lowest BCUT2D eigenvalue weighted by atomic mass is 10.2. The van der Waals surface area contributed by atoms with Gasteiger partial charge in [-0.2, -0.15) is 23.5 Å². The zero-order chi connectivity index (χ0) is 14.4. The molecule has 0 bridgehead atoms. The maximum atomic E-state index is 6.20. The van der Waals surface area contributed by atoms with Crippen molar-refractivity contribution in [2.24, 2.45) is 0 Å². The van der Waals surface area contributed by atoms with Crippen LogP contribution in [0.4, 0.5) is 0 Å². The average molecular weight is 334 g/mol. The Morgan fingerprint density at radius 3 is 2.80 bits per heavy atom. The molecule has 1 aromatic carbocycles. The third-order valence-electron chi connectivity index (χ3n) is 3.08. The van der Waals surface area contributed by atoms with Crippen molar-refractivity contribution < 1.29 is 9.47 Å². The number of ether oxygens (including phenoxy) is 2. The Kier molecular flexibility index (Phi) is 6.68. The van der Waals surface area contributed by atoms with Crippen LogP contribution in [-0.2, 0) is 6.54 Å². The molecule has 1 saturated heterocycles. The zero-order valence-electron chi connectivity index (χ0n) is 11.8. The molecule has 0 aliphatic carbocycles. The van der Waals surface area contributed by atoms with E-state index in [0.29, 0.717) is 21.8 Å². The number of halogens is 1. The maximum Gasteiger partial charge on any atom is 0.179 e. The fourth-order valence-electron chi connectivity index (χ4n) is 2.11. The van der Waals surface area contributed by atoms with Crippen molar-refractivity contribution in [3.05, 3.63) is 22.7 Å². The molecule has 1 fully saturated rings. The average Bonchev–Trinajstić information content (AvgIpc) is 2.47. The van der Waals surface area contributed by atoms with E-state index in [1.165, 1.54) is 17.3 Å². The molecule has 3 nitrogen and oxygen atoms in total. The number of hydrogen-bond donors (Lipinski definition) is 1. The third kappa shape index (κ3) is 4.38. The minimum Gasteiger partial charge on any atom is -0.493 e. The first-order chi connectivity index (χ1) is 9.74. The highest BCUT2D eigenvalue weighted by molar-refractivity contribution is 8.06. The van der Waals surface area contributed by atoms with Gasteiger partial charge in [-0.15, -0.1) is 0 Å². The number of thioether (sulfide) groups is 2. The Balaban J connectivity index is 1.90. The molecule has 0 saturated carbocycles. The highest BCUT2D eigenvalue weighted by atomic mass is 35.5. The zero-order valence-corrected chi connectivity index (χ0v) is 14.2. The van der Waals surface area contributed by atoms with E-state index < -0.39 is 0 Å². The molecule has 0 spiro atoms. The van der Waals surface area contributed by atoms with Crippen LogP contribution in [0.3, 0.4) is 0 Å². The highest BCUT2D eigenvalue weighted by Gasteiger charge is 2.14. The normalized spacial score (nSPS) is 18.9. The number of hydrogen-bond acceptors (Lipinski definition) is 5. The smallest absolute Gasteiger partial charge is 0.179 e. The molecular weight excluding hydrogens is 314 g/mol. The van der Waals surface area contributed by atoms with E-state index in [1.807, 2.05) is 23.9 Å². The summed E-state index contributed by atoms with van der Waals surface area (Å²) in [5.74, 6) is 5.06. The lowest BCUT2D eigenvalue weighted by molar-refractivity contribution is 0.354. The second-order valence-corrected chi connectivity index (χ2v) is 7.48. The van der Waals surface area contributed by atoms with Gasteiger partial charge in [-0.1, -0.05) is 11.6 Å². The summed E-state index contributed by atoms with van der Waals surface area (Å²) in [6.07, 6.45) is 0. The van der Waals surface area contributed by atoms with E-state index in [9.17, 15) is 0 Å². The fourth-order valence-corrected chi connectivity index (χ4v) is 5.06. The van der Waals surface area contributed by atoms with Crippen molar-refractivity contribution >= 4 is 35.1 Å². The highest BCUT2D eigenvalue weighted by Crippen LogP contribution is 2.36. The summed E-state index contributed by atoms with van der Waals surface area (Å²) in [6, 6.07) is 3.90. The van der Waals surface area contributed by atoms with E-state index in [2.05, 4.69) is 17.1 Å². The molecule has 1 N–H and O–H groups in total. The minimum absolute atomic E-state index is 0.589. The number of benzene rings is 1. The molecule has 1 heterocycles. The van der Waals surface area contributed by atoms with Gasteiger partial charge in [-0.05, 0) is 17.7 Å². The molecule has 1 aromatic rings. The lowest BCUT2D eigenvalue weighted by Gasteiger charge is -2.21. The lowest BCUT2D eigenvalue weighted by Crippen LogP contribution is -2.28. The number of methoxy groups -OCH3 is 2. The standard InChI is InChI=1S/C14H20ClNO2S2/c1-17-13-6-10(5-12(15)14(13)18-2)7-16-8-11-9-19-3-4-20-11/h5-6,11,16H,3-4,7-9H2,1-2H3. The van der Waals surface area contributed by atoms with Gasteiger partial charge in [0.25, 0.3) is 0 Å². The van der Waals surface area contributed by atoms with Gasteiger partial charge in [0.05, 0.1) is 19.2 Å². The second kappa shape index (κ2) is 8.27. The Labute approximate surface area is 134 Å². The minimum atomic E-state index is 0.589. The Morgan fingerprint density at radius 2 is 2.15 bits per heavy atom. The number of rotatable bonds is 6. The van der Waals surface area contributed by atoms with E-state index in [1.54, 1.807) is 14.2 Å². The van der Waals surface area contributed by atoms with Gasteiger partial charge in [0.15, 0.2) is 11.5 Å². The molecule has 0 amide bonds. The first-order valence-corrected chi connectivity index (χ1v) is 9.13. The van der Waals surface area contributed by atoms with Crippen molar-refractivity contribution in [3.8, 4) is 11.5 Å². The van der Waals surface area contributed by atoms with Crippen molar-refractivity contribution in [2.45, 2.75) is 11.8 Å². The van der Waals surface area contributed by atoms with Gasteiger partial charge in [0.1, 0.15) is 0 Å².